The van der Waals surface area contributed by atoms with Crippen molar-refractivity contribution in [1.29, 1.82) is 0 Å². The number of ether oxygens (including phenoxy) is 1. The largest absolute Gasteiger partial charge is 0.496 e. The first-order valence-corrected chi connectivity index (χ1v) is 5.65. The van der Waals surface area contributed by atoms with Gasteiger partial charge >= 0.3 is 0 Å². The molecule has 1 aliphatic heterocycles. The van der Waals surface area contributed by atoms with Gasteiger partial charge in [0.2, 0.25) is 0 Å². The average Bonchev–Trinajstić information content (AvgIpc) is 2.65. The average molecular weight is 205 g/mol. The number of para-hydroxylation sites is 1. The van der Waals surface area contributed by atoms with Crippen LogP contribution in [0.15, 0.2) is 24.3 Å². The molecule has 0 amide bonds. The van der Waals surface area contributed by atoms with Gasteiger partial charge in [0.15, 0.2) is 0 Å². The van der Waals surface area contributed by atoms with Crippen LogP contribution in [-0.2, 0) is 6.42 Å². The molecule has 1 N–H and O–H groups in total. The van der Waals surface area contributed by atoms with E-state index in [0.717, 1.165) is 24.6 Å². The minimum absolute atomic E-state index is 0.671. The molecule has 1 aromatic rings. The summed E-state index contributed by atoms with van der Waals surface area (Å²) in [5, 5.41) is 3.49. The van der Waals surface area contributed by atoms with Crippen LogP contribution in [0.3, 0.4) is 0 Å². The van der Waals surface area contributed by atoms with Crippen LogP contribution < -0.4 is 10.1 Å². The van der Waals surface area contributed by atoms with Gasteiger partial charge < -0.3 is 10.1 Å². The molecule has 15 heavy (non-hydrogen) atoms. The van der Waals surface area contributed by atoms with Gasteiger partial charge in [-0.3, -0.25) is 0 Å². The lowest BCUT2D eigenvalue weighted by atomic mass is 9.96. The Balaban J connectivity index is 2.04. The summed E-state index contributed by atoms with van der Waals surface area (Å²) in [5.41, 5.74) is 1.33. The molecule has 0 saturated carbocycles. The van der Waals surface area contributed by atoms with E-state index in [2.05, 4.69) is 24.4 Å². The molecule has 82 valence electrons. The highest BCUT2D eigenvalue weighted by Gasteiger charge is 2.21. The topological polar surface area (TPSA) is 21.3 Å². The van der Waals surface area contributed by atoms with E-state index in [0.29, 0.717) is 6.04 Å². The minimum Gasteiger partial charge on any atom is -0.496 e. The van der Waals surface area contributed by atoms with Gasteiger partial charge in [-0.05, 0) is 43.9 Å². The Labute approximate surface area is 91.6 Å². The van der Waals surface area contributed by atoms with Crippen molar-refractivity contribution in [2.75, 3.05) is 13.7 Å². The molecular formula is C13H19NO. The Morgan fingerprint density at radius 2 is 2.20 bits per heavy atom. The van der Waals surface area contributed by atoms with Gasteiger partial charge in [0.1, 0.15) is 5.75 Å². The van der Waals surface area contributed by atoms with Crippen LogP contribution in [0.25, 0.3) is 0 Å². The van der Waals surface area contributed by atoms with Crippen molar-refractivity contribution in [3.8, 4) is 5.75 Å². The molecule has 0 aliphatic carbocycles. The molecule has 1 heterocycles. The van der Waals surface area contributed by atoms with Crippen LogP contribution >= 0.6 is 0 Å². The zero-order valence-electron chi connectivity index (χ0n) is 9.49. The zero-order chi connectivity index (χ0) is 10.7. The fraction of sp³-hybridized carbons (Fsp3) is 0.538. The second kappa shape index (κ2) is 4.67. The second-order valence-electron chi connectivity index (χ2n) is 4.43. The fourth-order valence-electron chi connectivity index (χ4n) is 2.37. The Kier molecular flexibility index (Phi) is 3.27. The summed E-state index contributed by atoms with van der Waals surface area (Å²) < 4.78 is 5.36. The molecule has 2 rings (SSSR count). The highest BCUT2D eigenvalue weighted by atomic mass is 16.5. The maximum absolute atomic E-state index is 5.36. The Hall–Kier alpha value is -1.02. The SMILES string of the molecule is COc1ccccc1CC1CNC(C)C1. The smallest absolute Gasteiger partial charge is 0.122 e. The standard InChI is InChI=1S/C13H19NO/c1-10-7-11(9-14-10)8-12-5-3-4-6-13(12)15-2/h3-6,10-11,14H,7-9H2,1-2H3. The van der Waals surface area contributed by atoms with E-state index in [1.54, 1.807) is 7.11 Å². The summed E-state index contributed by atoms with van der Waals surface area (Å²) in [6.45, 7) is 3.39. The van der Waals surface area contributed by atoms with Crippen molar-refractivity contribution in [2.45, 2.75) is 25.8 Å². The number of rotatable bonds is 3. The van der Waals surface area contributed by atoms with Gasteiger partial charge in [0, 0.05) is 6.04 Å². The number of hydrogen-bond donors (Lipinski definition) is 1. The molecular weight excluding hydrogens is 186 g/mol. The normalized spacial score (nSPS) is 25.5. The molecule has 0 bridgehead atoms. The van der Waals surface area contributed by atoms with E-state index in [1.807, 2.05) is 12.1 Å². The molecule has 1 saturated heterocycles. The summed E-state index contributed by atoms with van der Waals surface area (Å²) in [4.78, 5) is 0. The molecule has 0 spiro atoms. The summed E-state index contributed by atoms with van der Waals surface area (Å²) in [6, 6.07) is 8.99. The van der Waals surface area contributed by atoms with Gasteiger partial charge in [-0.1, -0.05) is 18.2 Å². The number of benzene rings is 1. The lowest BCUT2D eigenvalue weighted by molar-refractivity contribution is 0.405. The Morgan fingerprint density at radius 1 is 1.40 bits per heavy atom. The molecule has 0 aromatic heterocycles. The van der Waals surface area contributed by atoms with E-state index >= 15 is 0 Å². The summed E-state index contributed by atoms with van der Waals surface area (Å²) in [7, 11) is 1.74. The quantitative estimate of drug-likeness (QED) is 0.817. The van der Waals surface area contributed by atoms with Crippen LogP contribution in [0.4, 0.5) is 0 Å². The summed E-state index contributed by atoms with van der Waals surface area (Å²) in [6.07, 6.45) is 2.40. The molecule has 2 atom stereocenters. The fourth-order valence-corrected chi connectivity index (χ4v) is 2.37. The highest BCUT2D eigenvalue weighted by Crippen LogP contribution is 2.24. The van der Waals surface area contributed by atoms with Crippen LogP contribution in [-0.4, -0.2) is 19.7 Å². The molecule has 2 nitrogen and oxygen atoms in total. The first kappa shape index (κ1) is 10.5. The van der Waals surface area contributed by atoms with Crippen molar-refractivity contribution < 1.29 is 4.74 Å². The van der Waals surface area contributed by atoms with Crippen LogP contribution in [0, 0.1) is 5.92 Å². The number of nitrogens with one attached hydrogen (secondary N) is 1. The van der Waals surface area contributed by atoms with Crippen molar-refractivity contribution in [3.63, 3.8) is 0 Å². The van der Waals surface area contributed by atoms with E-state index in [1.165, 1.54) is 12.0 Å². The molecule has 1 fully saturated rings. The molecule has 2 unspecified atom stereocenters. The Morgan fingerprint density at radius 3 is 2.87 bits per heavy atom. The maximum atomic E-state index is 5.36. The molecule has 1 aliphatic rings. The van der Waals surface area contributed by atoms with Gasteiger partial charge in [-0.2, -0.15) is 0 Å². The van der Waals surface area contributed by atoms with Gasteiger partial charge in [-0.25, -0.2) is 0 Å². The predicted molar refractivity (Wildman–Crippen MR) is 62.3 cm³/mol. The first-order valence-electron chi connectivity index (χ1n) is 5.65. The van der Waals surface area contributed by atoms with Crippen molar-refractivity contribution in [1.82, 2.24) is 5.32 Å². The lowest BCUT2D eigenvalue weighted by Gasteiger charge is -2.12. The molecule has 1 aromatic carbocycles. The lowest BCUT2D eigenvalue weighted by Crippen LogP contribution is -2.17. The van der Waals surface area contributed by atoms with E-state index in [-0.39, 0.29) is 0 Å². The van der Waals surface area contributed by atoms with Crippen LogP contribution in [0.5, 0.6) is 5.75 Å². The van der Waals surface area contributed by atoms with Gasteiger partial charge in [-0.15, -0.1) is 0 Å². The third kappa shape index (κ3) is 2.51. The van der Waals surface area contributed by atoms with Gasteiger partial charge in [0.25, 0.3) is 0 Å². The van der Waals surface area contributed by atoms with Crippen LogP contribution in [0.2, 0.25) is 0 Å². The Bertz CT molecular complexity index is 324. The van der Waals surface area contributed by atoms with E-state index in [4.69, 9.17) is 4.74 Å². The third-order valence-corrected chi connectivity index (χ3v) is 3.14. The maximum Gasteiger partial charge on any atom is 0.122 e. The van der Waals surface area contributed by atoms with Crippen molar-refractivity contribution in [2.24, 2.45) is 5.92 Å². The first-order chi connectivity index (χ1) is 7.29. The summed E-state index contributed by atoms with van der Waals surface area (Å²) in [5.74, 6) is 1.79. The minimum atomic E-state index is 0.671. The van der Waals surface area contributed by atoms with E-state index in [9.17, 15) is 0 Å². The number of hydrogen-bond acceptors (Lipinski definition) is 2. The molecule has 0 radical (unpaired) electrons. The molecule has 2 heteroatoms. The predicted octanol–water partition coefficient (Wildman–Crippen LogP) is 2.24. The summed E-state index contributed by atoms with van der Waals surface area (Å²) >= 11 is 0. The number of methoxy groups -OCH3 is 1. The van der Waals surface area contributed by atoms with E-state index < -0.39 is 0 Å². The monoisotopic (exact) mass is 205 g/mol. The zero-order valence-corrected chi connectivity index (χ0v) is 9.49. The second-order valence-corrected chi connectivity index (χ2v) is 4.43. The third-order valence-electron chi connectivity index (χ3n) is 3.14. The van der Waals surface area contributed by atoms with Crippen LogP contribution in [0.1, 0.15) is 18.9 Å². The van der Waals surface area contributed by atoms with Gasteiger partial charge in [0.05, 0.1) is 7.11 Å². The highest BCUT2D eigenvalue weighted by molar-refractivity contribution is 5.33. The van der Waals surface area contributed by atoms with Crippen molar-refractivity contribution in [3.05, 3.63) is 29.8 Å². The van der Waals surface area contributed by atoms with Crippen molar-refractivity contribution >= 4 is 0 Å².